The Bertz CT molecular complexity index is 1030. The van der Waals surface area contributed by atoms with Crippen LogP contribution < -0.4 is 15.4 Å². The molecule has 0 saturated carbocycles. The SMILES string of the molecule is CC(C)COc1ccccc1C(=O)NC(=S)Nc1ccc(S(=O)(=O)N2CCCC2)cc1. The fourth-order valence-corrected chi connectivity index (χ4v) is 4.88. The highest BCUT2D eigenvalue weighted by molar-refractivity contribution is 7.89. The van der Waals surface area contributed by atoms with Crippen LogP contribution in [-0.4, -0.2) is 43.4 Å². The highest BCUT2D eigenvalue weighted by Crippen LogP contribution is 2.22. The molecule has 1 amide bonds. The highest BCUT2D eigenvalue weighted by Gasteiger charge is 2.26. The van der Waals surface area contributed by atoms with Gasteiger partial charge in [-0.1, -0.05) is 26.0 Å². The Balaban J connectivity index is 1.62. The molecule has 1 heterocycles. The molecule has 1 aliphatic rings. The fourth-order valence-electron chi connectivity index (χ4n) is 3.16. The van der Waals surface area contributed by atoms with Gasteiger partial charge in [0.2, 0.25) is 10.0 Å². The molecule has 0 aliphatic carbocycles. The van der Waals surface area contributed by atoms with Gasteiger partial charge in [0.05, 0.1) is 17.1 Å². The van der Waals surface area contributed by atoms with E-state index in [9.17, 15) is 13.2 Å². The maximum Gasteiger partial charge on any atom is 0.261 e. The van der Waals surface area contributed by atoms with E-state index in [0.29, 0.717) is 42.6 Å². The van der Waals surface area contributed by atoms with Crippen molar-refractivity contribution in [1.29, 1.82) is 0 Å². The smallest absolute Gasteiger partial charge is 0.261 e. The van der Waals surface area contributed by atoms with Crippen molar-refractivity contribution in [1.82, 2.24) is 9.62 Å². The molecule has 7 nitrogen and oxygen atoms in total. The average Bonchev–Trinajstić information content (AvgIpc) is 3.28. The molecule has 0 spiro atoms. The van der Waals surface area contributed by atoms with E-state index in [4.69, 9.17) is 17.0 Å². The minimum absolute atomic E-state index is 0.110. The van der Waals surface area contributed by atoms with Crippen LogP contribution in [0.15, 0.2) is 53.4 Å². The van der Waals surface area contributed by atoms with Crippen LogP contribution in [0, 0.1) is 5.92 Å². The van der Waals surface area contributed by atoms with Gasteiger partial charge in [-0.05, 0) is 67.4 Å². The molecule has 0 aromatic heterocycles. The van der Waals surface area contributed by atoms with E-state index in [1.807, 2.05) is 13.8 Å². The number of ether oxygens (including phenoxy) is 1. The van der Waals surface area contributed by atoms with Crippen molar-refractivity contribution in [2.45, 2.75) is 31.6 Å². The normalized spacial score (nSPS) is 14.4. The van der Waals surface area contributed by atoms with E-state index >= 15 is 0 Å². The molecule has 2 aromatic rings. The summed E-state index contributed by atoms with van der Waals surface area (Å²) in [6.45, 7) is 5.67. The Hall–Kier alpha value is -2.49. The van der Waals surface area contributed by atoms with E-state index < -0.39 is 10.0 Å². The van der Waals surface area contributed by atoms with E-state index in [1.54, 1.807) is 36.4 Å². The molecule has 0 atom stereocenters. The first-order valence-corrected chi connectivity index (χ1v) is 12.1. The second-order valence-corrected chi connectivity index (χ2v) is 10.1. The monoisotopic (exact) mass is 461 g/mol. The first-order valence-electron chi connectivity index (χ1n) is 10.2. The molecule has 0 unspecified atom stereocenters. The molecule has 1 saturated heterocycles. The van der Waals surface area contributed by atoms with Crippen LogP contribution in [0.4, 0.5) is 5.69 Å². The molecule has 166 valence electrons. The van der Waals surface area contributed by atoms with Gasteiger partial charge in [-0.3, -0.25) is 10.1 Å². The lowest BCUT2D eigenvalue weighted by Crippen LogP contribution is -2.34. The molecule has 0 radical (unpaired) electrons. The molecule has 3 rings (SSSR count). The second kappa shape index (κ2) is 10.2. The Labute approximate surface area is 188 Å². The summed E-state index contributed by atoms with van der Waals surface area (Å²) in [5.74, 6) is 0.439. The zero-order chi connectivity index (χ0) is 22.4. The number of hydrogen-bond donors (Lipinski definition) is 2. The number of carbonyl (C=O) groups excluding carboxylic acids is 1. The number of nitrogens with zero attached hydrogens (tertiary/aromatic N) is 1. The number of hydrogen-bond acceptors (Lipinski definition) is 5. The number of rotatable bonds is 7. The second-order valence-electron chi connectivity index (χ2n) is 7.74. The average molecular weight is 462 g/mol. The molecule has 1 fully saturated rings. The van der Waals surface area contributed by atoms with Gasteiger partial charge in [0.1, 0.15) is 5.75 Å². The number of amides is 1. The Morgan fingerprint density at radius 2 is 1.74 bits per heavy atom. The van der Waals surface area contributed by atoms with Crippen molar-refractivity contribution in [2.24, 2.45) is 5.92 Å². The van der Waals surface area contributed by atoms with Crippen LogP contribution in [0.5, 0.6) is 5.75 Å². The van der Waals surface area contributed by atoms with Crippen LogP contribution in [0.1, 0.15) is 37.0 Å². The number of thiocarbonyl (C=S) groups is 1. The number of nitrogens with one attached hydrogen (secondary N) is 2. The molecule has 9 heteroatoms. The van der Waals surface area contributed by atoms with E-state index in [-0.39, 0.29) is 15.9 Å². The van der Waals surface area contributed by atoms with Gasteiger partial charge < -0.3 is 10.1 Å². The number of carbonyl (C=O) groups is 1. The molecule has 0 bridgehead atoms. The van der Waals surface area contributed by atoms with E-state index in [2.05, 4.69) is 10.6 Å². The van der Waals surface area contributed by atoms with Crippen LogP contribution in [0.2, 0.25) is 0 Å². The number of anilines is 1. The lowest BCUT2D eigenvalue weighted by Gasteiger charge is -2.16. The van der Waals surface area contributed by atoms with Crippen molar-refractivity contribution in [3.63, 3.8) is 0 Å². The number of para-hydroxylation sites is 1. The Morgan fingerprint density at radius 3 is 2.39 bits per heavy atom. The van der Waals surface area contributed by atoms with Gasteiger partial charge in [-0.15, -0.1) is 0 Å². The minimum atomic E-state index is -3.47. The molecule has 2 N–H and O–H groups in total. The van der Waals surface area contributed by atoms with Crippen LogP contribution >= 0.6 is 12.2 Å². The minimum Gasteiger partial charge on any atom is -0.492 e. The van der Waals surface area contributed by atoms with Crippen molar-refractivity contribution >= 4 is 38.9 Å². The quantitative estimate of drug-likeness (QED) is 0.612. The summed E-state index contributed by atoms with van der Waals surface area (Å²) in [5, 5.41) is 5.66. The van der Waals surface area contributed by atoms with Crippen LogP contribution in [0.25, 0.3) is 0 Å². The maximum absolute atomic E-state index is 12.6. The summed E-state index contributed by atoms with van der Waals surface area (Å²) < 4.78 is 32.4. The van der Waals surface area contributed by atoms with Gasteiger partial charge in [-0.2, -0.15) is 4.31 Å². The predicted molar refractivity (Wildman–Crippen MR) is 125 cm³/mol. The molecular formula is C22H27N3O4S2. The lowest BCUT2D eigenvalue weighted by atomic mass is 10.2. The standard InChI is InChI=1S/C22H27N3O4S2/c1-16(2)15-29-20-8-4-3-7-19(20)21(26)24-22(30)23-17-9-11-18(12-10-17)31(27,28)25-13-5-6-14-25/h3-4,7-12,16H,5-6,13-15H2,1-2H3,(H2,23,24,26,30). The molecule has 2 aromatic carbocycles. The number of sulfonamides is 1. The third-order valence-corrected chi connectivity index (χ3v) is 6.86. The topological polar surface area (TPSA) is 87.7 Å². The third kappa shape index (κ3) is 6.03. The molecular weight excluding hydrogens is 434 g/mol. The zero-order valence-corrected chi connectivity index (χ0v) is 19.3. The van der Waals surface area contributed by atoms with Gasteiger partial charge in [0.15, 0.2) is 5.11 Å². The highest BCUT2D eigenvalue weighted by atomic mass is 32.2. The fraction of sp³-hybridized carbons (Fsp3) is 0.364. The van der Waals surface area contributed by atoms with Crippen LogP contribution in [-0.2, 0) is 10.0 Å². The Kier molecular flexibility index (Phi) is 7.64. The summed E-state index contributed by atoms with van der Waals surface area (Å²) in [5.41, 5.74) is 0.967. The number of benzene rings is 2. The third-order valence-electron chi connectivity index (χ3n) is 4.75. The van der Waals surface area contributed by atoms with Gasteiger partial charge >= 0.3 is 0 Å². The van der Waals surface area contributed by atoms with Crippen molar-refractivity contribution in [2.75, 3.05) is 25.0 Å². The van der Waals surface area contributed by atoms with E-state index in [1.165, 1.54) is 16.4 Å². The predicted octanol–water partition coefficient (Wildman–Crippen LogP) is 3.63. The molecule has 31 heavy (non-hydrogen) atoms. The van der Waals surface area contributed by atoms with Crippen molar-refractivity contribution < 1.29 is 17.9 Å². The Morgan fingerprint density at radius 1 is 1.10 bits per heavy atom. The summed E-state index contributed by atoms with van der Waals surface area (Å²) >= 11 is 5.25. The maximum atomic E-state index is 12.6. The van der Waals surface area contributed by atoms with Crippen molar-refractivity contribution in [3.05, 3.63) is 54.1 Å². The first kappa shape index (κ1) is 23.2. The van der Waals surface area contributed by atoms with Gasteiger partial charge in [0.25, 0.3) is 5.91 Å². The summed E-state index contributed by atoms with van der Waals surface area (Å²) in [6, 6.07) is 13.3. The van der Waals surface area contributed by atoms with Crippen LogP contribution in [0.3, 0.4) is 0 Å². The summed E-state index contributed by atoms with van der Waals surface area (Å²) in [4.78, 5) is 12.9. The van der Waals surface area contributed by atoms with Crippen molar-refractivity contribution in [3.8, 4) is 5.75 Å². The first-order chi connectivity index (χ1) is 14.8. The summed E-state index contributed by atoms with van der Waals surface area (Å²) in [6.07, 6.45) is 1.77. The van der Waals surface area contributed by atoms with Gasteiger partial charge in [0, 0.05) is 18.8 Å². The summed E-state index contributed by atoms with van der Waals surface area (Å²) in [7, 11) is -3.47. The van der Waals surface area contributed by atoms with E-state index in [0.717, 1.165) is 12.8 Å². The zero-order valence-electron chi connectivity index (χ0n) is 17.6. The van der Waals surface area contributed by atoms with Gasteiger partial charge in [-0.25, -0.2) is 8.42 Å². The largest absolute Gasteiger partial charge is 0.492 e. The molecule has 1 aliphatic heterocycles. The lowest BCUT2D eigenvalue weighted by molar-refractivity contribution is 0.0973.